The fourth-order valence-corrected chi connectivity index (χ4v) is 1.48. The van der Waals surface area contributed by atoms with E-state index in [4.69, 9.17) is 9.47 Å². The summed E-state index contributed by atoms with van der Waals surface area (Å²) in [6, 6.07) is 5.79. The number of ether oxygens (including phenoxy) is 2. The molecule has 76 valence electrons. The van der Waals surface area contributed by atoms with Gasteiger partial charge in [0.1, 0.15) is 0 Å². The second kappa shape index (κ2) is 3.88. The summed E-state index contributed by atoms with van der Waals surface area (Å²) >= 11 is 0. The standard InChI is InChI=1S/C11H14O3/c1-2-9(12)5-8-3-4-10-11(6-8)14-7-13-10/h3-4,6,9,12H,2,5,7H2,1H3. The normalized spacial score (nSPS) is 15.6. The molecule has 1 unspecified atom stereocenters. The van der Waals surface area contributed by atoms with Gasteiger partial charge < -0.3 is 14.6 Å². The van der Waals surface area contributed by atoms with E-state index in [1.807, 2.05) is 25.1 Å². The van der Waals surface area contributed by atoms with Gasteiger partial charge in [0.15, 0.2) is 11.5 Å². The van der Waals surface area contributed by atoms with Crippen LogP contribution in [0.15, 0.2) is 18.2 Å². The van der Waals surface area contributed by atoms with Crippen LogP contribution < -0.4 is 9.47 Å². The smallest absolute Gasteiger partial charge is 0.231 e. The Morgan fingerprint density at radius 3 is 2.93 bits per heavy atom. The molecule has 0 fully saturated rings. The van der Waals surface area contributed by atoms with Crippen LogP contribution in [0.2, 0.25) is 0 Å². The van der Waals surface area contributed by atoms with Crippen LogP contribution in [0, 0.1) is 0 Å². The highest BCUT2D eigenvalue weighted by Crippen LogP contribution is 2.32. The lowest BCUT2D eigenvalue weighted by atomic mass is 10.1. The van der Waals surface area contributed by atoms with Gasteiger partial charge in [-0.05, 0) is 30.5 Å². The van der Waals surface area contributed by atoms with Gasteiger partial charge in [0, 0.05) is 0 Å². The highest BCUT2D eigenvalue weighted by atomic mass is 16.7. The molecule has 3 nitrogen and oxygen atoms in total. The van der Waals surface area contributed by atoms with Crippen molar-refractivity contribution in [3.05, 3.63) is 23.8 Å². The van der Waals surface area contributed by atoms with Crippen LogP contribution in [0.3, 0.4) is 0 Å². The number of aliphatic hydroxyl groups excluding tert-OH is 1. The number of hydrogen-bond acceptors (Lipinski definition) is 3. The maximum atomic E-state index is 9.49. The molecule has 1 N–H and O–H groups in total. The third kappa shape index (κ3) is 1.82. The minimum absolute atomic E-state index is 0.268. The molecule has 3 heteroatoms. The summed E-state index contributed by atoms with van der Waals surface area (Å²) in [5.74, 6) is 1.57. The minimum Gasteiger partial charge on any atom is -0.454 e. The number of benzene rings is 1. The Morgan fingerprint density at radius 2 is 2.14 bits per heavy atom. The topological polar surface area (TPSA) is 38.7 Å². The first-order valence-electron chi connectivity index (χ1n) is 4.86. The second-order valence-electron chi connectivity index (χ2n) is 3.45. The maximum Gasteiger partial charge on any atom is 0.231 e. The number of hydrogen-bond donors (Lipinski definition) is 1. The van der Waals surface area contributed by atoms with E-state index in [0.29, 0.717) is 13.2 Å². The molecule has 1 aromatic carbocycles. The Hall–Kier alpha value is -1.22. The van der Waals surface area contributed by atoms with E-state index in [1.165, 1.54) is 0 Å². The third-order valence-electron chi connectivity index (χ3n) is 2.38. The van der Waals surface area contributed by atoms with Gasteiger partial charge in [-0.25, -0.2) is 0 Å². The summed E-state index contributed by atoms with van der Waals surface area (Å²) in [6.45, 7) is 2.27. The van der Waals surface area contributed by atoms with Crippen LogP contribution in [0.4, 0.5) is 0 Å². The van der Waals surface area contributed by atoms with Crippen LogP contribution in [-0.4, -0.2) is 18.0 Å². The first-order chi connectivity index (χ1) is 6.79. The summed E-state index contributed by atoms with van der Waals surface area (Å²) in [4.78, 5) is 0. The summed E-state index contributed by atoms with van der Waals surface area (Å²) in [5, 5.41) is 9.49. The molecule has 0 saturated carbocycles. The van der Waals surface area contributed by atoms with E-state index in [1.54, 1.807) is 0 Å². The van der Waals surface area contributed by atoms with Gasteiger partial charge in [0.25, 0.3) is 0 Å². The van der Waals surface area contributed by atoms with Crippen molar-refractivity contribution in [2.75, 3.05) is 6.79 Å². The van der Waals surface area contributed by atoms with Crippen molar-refractivity contribution in [1.82, 2.24) is 0 Å². The minimum atomic E-state index is -0.268. The highest BCUT2D eigenvalue weighted by Gasteiger charge is 2.13. The Bertz CT molecular complexity index is 322. The maximum absolute atomic E-state index is 9.49. The van der Waals surface area contributed by atoms with E-state index < -0.39 is 0 Å². The molecule has 14 heavy (non-hydrogen) atoms. The molecule has 0 radical (unpaired) electrons. The van der Waals surface area contributed by atoms with Crippen molar-refractivity contribution < 1.29 is 14.6 Å². The summed E-state index contributed by atoms with van der Waals surface area (Å²) in [6.07, 6.45) is 1.18. The van der Waals surface area contributed by atoms with Crippen LogP contribution >= 0.6 is 0 Å². The SMILES string of the molecule is CCC(O)Cc1ccc2c(c1)OCO2. The molecule has 1 aliphatic heterocycles. The zero-order chi connectivity index (χ0) is 9.97. The van der Waals surface area contributed by atoms with Gasteiger partial charge in [0.2, 0.25) is 6.79 Å². The van der Waals surface area contributed by atoms with Crippen LogP contribution in [0.1, 0.15) is 18.9 Å². The number of fused-ring (bicyclic) bond motifs is 1. The second-order valence-corrected chi connectivity index (χ2v) is 3.45. The Labute approximate surface area is 83.3 Å². The van der Waals surface area contributed by atoms with Crippen molar-refractivity contribution in [3.8, 4) is 11.5 Å². The highest BCUT2D eigenvalue weighted by molar-refractivity contribution is 5.44. The number of aliphatic hydroxyl groups is 1. The van der Waals surface area contributed by atoms with Gasteiger partial charge in [-0.15, -0.1) is 0 Å². The fourth-order valence-electron chi connectivity index (χ4n) is 1.48. The monoisotopic (exact) mass is 194 g/mol. The zero-order valence-corrected chi connectivity index (χ0v) is 8.19. The van der Waals surface area contributed by atoms with Crippen LogP contribution in [-0.2, 0) is 6.42 Å². The zero-order valence-electron chi connectivity index (χ0n) is 8.19. The van der Waals surface area contributed by atoms with E-state index >= 15 is 0 Å². The van der Waals surface area contributed by atoms with Crippen LogP contribution in [0.25, 0.3) is 0 Å². The lowest BCUT2D eigenvalue weighted by Gasteiger charge is -2.07. The van der Waals surface area contributed by atoms with Gasteiger partial charge in [-0.1, -0.05) is 13.0 Å². The molecule has 1 atom stereocenters. The average Bonchev–Trinajstić information content (AvgIpc) is 2.64. The van der Waals surface area contributed by atoms with Gasteiger partial charge in [0.05, 0.1) is 6.10 Å². The predicted molar refractivity (Wildman–Crippen MR) is 52.6 cm³/mol. The predicted octanol–water partition coefficient (Wildman–Crippen LogP) is 1.73. The summed E-state index contributed by atoms with van der Waals surface area (Å²) < 4.78 is 10.5. The molecular formula is C11H14O3. The Balaban J connectivity index is 2.12. The van der Waals surface area contributed by atoms with Crippen molar-refractivity contribution in [2.24, 2.45) is 0 Å². The molecular weight excluding hydrogens is 180 g/mol. The first-order valence-corrected chi connectivity index (χ1v) is 4.86. The lowest BCUT2D eigenvalue weighted by molar-refractivity contribution is 0.170. The summed E-state index contributed by atoms with van der Waals surface area (Å²) in [5.41, 5.74) is 1.09. The van der Waals surface area contributed by atoms with Gasteiger partial charge in [-0.3, -0.25) is 0 Å². The fraction of sp³-hybridized carbons (Fsp3) is 0.455. The van der Waals surface area contributed by atoms with E-state index in [2.05, 4.69) is 0 Å². The molecule has 1 heterocycles. The largest absolute Gasteiger partial charge is 0.454 e. The quantitative estimate of drug-likeness (QED) is 0.796. The molecule has 0 aliphatic carbocycles. The molecule has 0 spiro atoms. The molecule has 1 aromatic rings. The van der Waals surface area contributed by atoms with Crippen molar-refractivity contribution in [2.45, 2.75) is 25.9 Å². The van der Waals surface area contributed by atoms with Gasteiger partial charge in [-0.2, -0.15) is 0 Å². The van der Waals surface area contributed by atoms with E-state index in [0.717, 1.165) is 23.5 Å². The molecule has 2 rings (SSSR count). The average molecular weight is 194 g/mol. The Kier molecular flexibility index (Phi) is 2.59. The summed E-state index contributed by atoms with van der Waals surface area (Å²) in [7, 11) is 0. The molecule has 0 bridgehead atoms. The van der Waals surface area contributed by atoms with Crippen molar-refractivity contribution in [3.63, 3.8) is 0 Å². The van der Waals surface area contributed by atoms with Crippen molar-refractivity contribution in [1.29, 1.82) is 0 Å². The molecule has 0 aromatic heterocycles. The van der Waals surface area contributed by atoms with E-state index in [-0.39, 0.29) is 6.10 Å². The first kappa shape index (κ1) is 9.34. The lowest BCUT2D eigenvalue weighted by Crippen LogP contribution is -2.08. The van der Waals surface area contributed by atoms with Crippen molar-refractivity contribution >= 4 is 0 Å². The van der Waals surface area contributed by atoms with Crippen LogP contribution in [0.5, 0.6) is 11.5 Å². The molecule has 0 amide bonds. The van der Waals surface area contributed by atoms with E-state index in [9.17, 15) is 5.11 Å². The third-order valence-corrected chi connectivity index (χ3v) is 2.38. The van der Waals surface area contributed by atoms with Gasteiger partial charge >= 0.3 is 0 Å². The molecule has 0 saturated heterocycles. The molecule has 1 aliphatic rings. The number of rotatable bonds is 3. The Morgan fingerprint density at radius 1 is 1.36 bits per heavy atom.